The molecular weight excluding hydrogens is 452 g/mol. The average molecular weight is 476 g/mol. The number of rotatable bonds is 6. The van der Waals surface area contributed by atoms with Crippen molar-refractivity contribution in [3.63, 3.8) is 0 Å². The molecule has 0 bridgehead atoms. The van der Waals surface area contributed by atoms with Crippen molar-refractivity contribution < 1.29 is 54.4 Å². The van der Waals surface area contributed by atoms with Gasteiger partial charge in [-0.05, 0) is 42.8 Å². The van der Waals surface area contributed by atoms with Crippen LogP contribution in [0.1, 0.15) is 29.8 Å². The van der Waals surface area contributed by atoms with Crippen LogP contribution in [-0.2, 0) is 14.3 Å². The second-order valence-corrected chi connectivity index (χ2v) is 7.64. The molecule has 1 heterocycles. The van der Waals surface area contributed by atoms with Crippen LogP contribution in [0.15, 0.2) is 36.4 Å². The fraction of sp³-hybridized carbons (Fsp3) is 0.304. The Morgan fingerprint density at radius 3 is 2.32 bits per heavy atom. The maximum Gasteiger partial charge on any atom is 0.303 e. The molecule has 1 fully saturated rings. The number of allylic oxidation sites excluding steroid dienone is 1. The van der Waals surface area contributed by atoms with E-state index in [0.29, 0.717) is 5.56 Å². The lowest BCUT2D eigenvalue weighted by molar-refractivity contribution is -0.272. The standard InChI is InChI=1S/C23H24O11/c1-10-18(28)22(33-11(2)24)21(31)23(32-10)34-17-8-5-13(19(29)20(17)30)14(25)6-3-12-4-7-15(26)16(27)9-12/h3-10,18,21-23,26-31H,1-2H3. The number of aliphatic hydroxyl groups excluding tert-OH is 2. The molecule has 0 radical (unpaired) electrons. The summed E-state index contributed by atoms with van der Waals surface area (Å²) in [5.74, 6) is -4.06. The number of carbonyl (C=O) groups excluding carboxylic acids is 2. The van der Waals surface area contributed by atoms with E-state index in [1.54, 1.807) is 0 Å². The quantitative estimate of drug-likeness (QED) is 0.152. The molecule has 11 heteroatoms. The highest BCUT2D eigenvalue weighted by atomic mass is 16.7. The fourth-order valence-electron chi connectivity index (χ4n) is 3.31. The molecule has 0 amide bonds. The monoisotopic (exact) mass is 476 g/mol. The number of ether oxygens (including phenoxy) is 3. The normalized spacial score (nSPS) is 24.6. The van der Waals surface area contributed by atoms with Crippen LogP contribution in [0.25, 0.3) is 6.08 Å². The van der Waals surface area contributed by atoms with E-state index in [9.17, 15) is 40.2 Å². The Bertz CT molecular complexity index is 1110. The van der Waals surface area contributed by atoms with Crippen molar-refractivity contribution in [2.75, 3.05) is 0 Å². The number of phenols is 4. The summed E-state index contributed by atoms with van der Waals surface area (Å²) in [5, 5.41) is 60.0. The molecule has 1 aliphatic rings. The third-order valence-electron chi connectivity index (χ3n) is 5.13. The molecule has 182 valence electrons. The molecule has 3 rings (SSSR count). The highest BCUT2D eigenvalue weighted by Gasteiger charge is 2.46. The molecule has 1 saturated heterocycles. The Morgan fingerprint density at radius 2 is 1.68 bits per heavy atom. The van der Waals surface area contributed by atoms with Crippen molar-refractivity contribution in [3.05, 3.63) is 47.5 Å². The molecule has 0 aromatic heterocycles. The van der Waals surface area contributed by atoms with E-state index >= 15 is 0 Å². The van der Waals surface area contributed by atoms with Crippen LogP contribution in [0.4, 0.5) is 0 Å². The first-order valence-electron chi connectivity index (χ1n) is 10.1. The van der Waals surface area contributed by atoms with Crippen molar-refractivity contribution in [1.29, 1.82) is 0 Å². The Balaban J connectivity index is 1.78. The zero-order valence-electron chi connectivity index (χ0n) is 18.2. The summed E-state index contributed by atoms with van der Waals surface area (Å²) in [4.78, 5) is 23.8. The van der Waals surface area contributed by atoms with E-state index in [0.717, 1.165) is 19.1 Å². The Kier molecular flexibility index (Phi) is 7.30. The lowest BCUT2D eigenvalue weighted by atomic mass is 9.99. The summed E-state index contributed by atoms with van der Waals surface area (Å²) in [6.45, 7) is 2.57. The number of aromatic hydroxyl groups is 4. The smallest absolute Gasteiger partial charge is 0.303 e. The van der Waals surface area contributed by atoms with E-state index in [4.69, 9.17) is 14.2 Å². The van der Waals surface area contributed by atoms with Crippen LogP contribution in [0.3, 0.4) is 0 Å². The van der Waals surface area contributed by atoms with Gasteiger partial charge in [-0.1, -0.05) is 12.1 Å². The summed E-state index contributed by atoms with van der Waals surface area (Å²) >= 11 is 0. The van der Waals surface area contributed by atoms with Gasteiger partial charge in [0.2, 0.25) is 12.0 Å². The summed E-state index contributed by atoms with van der Waals surface area (Å²) < 4.78 is 15.8. The van der Waals surface area contributed by atoms with Gasteiger partial charge >= 0.3 is 5.97 Å². The molecule has 1 aliphatic heterocycles. The van der Waals surface area contributed by atoms with Crippen LogP contribution in [0, 0.1) is 0 Å². The number of benzene rings is 2. The van der Waals surface area contributed by atoms with Crippen molar-refractivity contribution in [2.45, 2.75) is 44.6 Å². The van der Waals surface area contributed by atoms with Crippen LogP contribution in [0.5, 0.6) is 28.7 Å². The van der Waals surface area contributed by atoms with Gasteiger partial charge in [0.15, 0.2) is 41.0 Å². The molecule has 6 N–H and O–H groups in total. The number of phenolic OH excluding ortho intramolecular Hbond substituents is 4. The maximum absolute atomic E-state index is 12.5. The van der Waals surface area contributed by atoms with Crippen molar-refractivity contribution in [1.82, 2.24) is 0 Å². The summed E-state index contributed by atoms with van der Waals surface area (Å²) in [6, 6.07) is 6.24. The minimum absolute atomic E-state index is 0.268. The predicted molar refractivity (Wildman–Crippen MR) is 115 cm³/mol. The summed E-state index contributed by atoms with van der Waals surface area (Å²) in [7, 11) is 0. The molecule has 2 aromatic rings. The van der Waals surface area contributed by atoms with Crippen molar-refractivity contribution in [3.8, 4) is 28.7 Å². The molecule has 5 unspecified atom stereocenters. The minimum atomic E-state index is -1.62. The first-order chi connectivity index (χ1) is 16.0. The zero-order valence-corrected chi connectivity index (χ0v) is 18.2. The van der Waals surface area contributed by atoms with E-state index in [1.165, 1.54) is 37.3 Å². The third kappa shape index (κ3) is 5.22. The number of esters is 1. The first-order valence-corrected chi connectivity index (χ1v) is 10.1. The van der Waals surface area contributed by atoms with Gasteiger partial charge in [-0.25, -0.2) is 0 Å². The Hall–Kier alpha value is -3.80. The molecule has 2 aromatic carbocycles. The van der Waals surface area contributed by atoms with Gasteiger partial charge in [-0.15, -0.1) is 0 Å². The van der Waals surface area contributed by atoms with E-state index in [2.05, 4.69) is 0 Å². The van der Waals surface area contributed by atoms with Crippen LogP contribution in [-0.4, -0.2) is 73.1 Å². The van der Waals surface area contributed by atoms with Gasteiger partial charge in [-0.3, -0.25) is 9.59 Å². The number of hydrogen-bond donors (Lipinski definition) is 6. The number of ketones is 1. The highest BCUT2D eigenvalue weighted by Crippen LogP contribution is 2.40. The second-order valence-electron chi connectivity index (χ2n) is 7.64. The van der Waals surface area contributed by atoms with E-state index < -0.39 is 54.0 Å². The number of hydrogen-bond acceptors (Lipinski definition) is 11. The molecule has 11 nitrogen and oxygen atoms in total. The largest absolute Gasteiger partial charge is 0.504 e. The van der Waals surface area contributed by atoms with Gasteiger partial charge in [0.1, 0.15) is 6.10 Å². The van der Waals surface area contributed by atoms with Gasteiger partial charge in [-0.2, -0.15) is 0 Å². The van der Waals surface area contributed by atoms with E-state index in [1.807, 2.05) is 0 Å². The van der Waals surface area contributed by atoms with Crippen molar-refractivity contribution in [2.24, 2.45) is 0 Å². The second kappa shape index (κ2) is 10.00. The van der Waals surface area contributed by atoms with E-state index in [-0.39, 0.29) is 22.8 Å². The molecule has 0 saturated carbocycles. The third-order valence-corrected chi connectivity index (χ3v) is 5.13. The molecule has 5 atom stereocenters. The van der Waals surface area contributed by atoms with Gasteiger partial charge in [0, 0.05) is 6.92 Å². The summed E-state index contributed by atoms with van der Waals surface area (Å²) in [6.07, 6.45) is -4.27. The van der Waals surface area contributed by atoms with Gasteiger partial charge < -0.3 is 44.8 Å². The van der Waals surface area contributed by atoms with Crippen LogP contribution in [0.2, 0.25) is 0 Å². The molecule has 0 aliphatic carbocycles. The highest BCUT2D eigenvalue weighted by molar-refractivity contribution is 6.09. The predicted octanol–water partition coefficient (Wildman–Crippen LogP) is 1.18. The lowest BCUT2D eigenvalue weighted by Crippen LogP contribution is -2.59. The van der Waals surface area contributed by atoms with Crippen molar-refractivity contribution >= 4 is 17.8 Å². The van der Waals surface area contributed by atoms with Crippen LogP contribution < -0.4 is 4.74 Å². The molecular formula is C23H24O11. The van der Waals surface area contributed by atoms with Crippen LogP contribution >= 0.6 is 0 Å². The Labute approximate surface area is 193 Å². The maximum atomic E-state index is 12.5. The molecule has 34 heavy (non-hydrogen) atoms. The topological polar surface area (TPSA) is 183 Å². The van der Waals surface area contributed by atoms with Gasteiger partial charge in [0.05, 0.1) is 11.7 Å². The minimum Gasteiger partial charge on any atom is -0.504 e. The zero-order chi connectivity index (χ0) is 25.2. The number of aliphatic hydroxyl groups is 2. The SMILES string of the molecule is CC(=O)OC1C(O)C(C)OC(Oc2ccc(C(=O)C=Cc3ccc(O)c(O)c3)c(O)c2O)C1O. The Morgan fingerprint density at radius 1 is 0.971 bits per heavy atom. The fourth-order valence-corrected chi connectivity index (χ4v) is 3.31. The van der Waals surface area contributed by atoms with Gasteiger partial charge in [0.25, 0.3) is 0 Å². The lowest BCUT2D eigenvalue weighted by Gasteiger charge is -2.40. The average Bonchev–Trinajstić information content (AvgIpc) is 2.78. The molecule has 0 spiro atoms. The number of carbonyl (C=O) groups is 2. The first kappa shape index (κ1) is 24.8. The summed E-state index contributed by atoms with van der Waals surface area (Å²) in [5.41, 5.74) is 0.130.